The van der Waals surface area contributed by atoms with Gasteiger partial charge in [-0.1, -0.05) is 12.1 Å². The molecule has 0 heterocycles. The SMILES string of the molecule is CC(=O)Nc1ccc(CNC(C)C(=O)NC(C)C)cc1. The predicted octanol–water partition coefficient (Wildman–Crippen LogP) is 1.65. The van der Waals surface area contributed by atoms with Crippen LogP contribution < -0.4 is 16.0 Å². The number of hydrogen-bond donors (Lipinski definition) is 3. The normalized spacial score (nSPS) is 12.1. The lowest BCUT2D eigenvalue weighted by Gasteiger charge is -2.16. The van der Waals surface area contributed by atoms with E-state index in [0.29, 0.717) is 6.54 Å². The van der Waals surface area contributed by atoms with Crippen LogP contribution in [0.15, 0.2) is 24.3 Å². The first-order valence-corrected chi connectivity index (χ1v) is 6.78. The molecular weight excluding hydrogens is 254 g/mol. The summed E-state index contributed by atoms with van der Waals surface area (Å²) in [5.41, 5.74) is 1.83. The van der Waals surface area contributed by atoms with E-state index in [4.69, 9.17) is 0 Å². The number of amides is 2. The highest BCUT2D eigenvalue weighted by Crippen LogP contribution is 2.09. The van der Waals surface area contributed by atoms with E-state index in [1.165, 1.54) is 6.92 Å². The highest BCUT2D eigenvalue weighted by atomic mass is 16.2. The molecule has 0 spiro atoms. The van der Waals surface area contributed by atoms with E-state index in [1.807, 2.05) is 45.0 Å². The zero-order valence-corrected chi connectivity index (χ0v) is 12.5. The second-order valence-electron chi connectivity index (χ2n) is 5.14. The van der Waals surface area contributed by atoms with E-state index in [0.717, 1.165) is 11.3 Å². The molecule has 1 aromatic carbocycles. The number of benzene rings is 1. The van der Waals surface area contributed by atoms with Crippen molar-refractivity contribution in [2.45, 2.75) is 46.3 Å². The largest absolute Gasteiger partial charge is 0.353 e. The van der Waals surface area contributed by atoms with E-state index in [9.17, 15) is 9.59 Å². The first kappa shape index (κ1) is 16.2. The van der Waals surface area contributed by atoms with Gasteiger partial charge in [0.05, 0.1) is 6.04 Å². The minimum Gasteiger partial charge on any atom is -0.353 e. The third-order valence-corrected chi connectivity index (χ3v) is 2.71. The van der Waals surface area contributed by atoms with Crippen molar-refractivity contribution >= 4 is 17.5 Å². The Labute approximate surface area is 120 Å². The lowest BCUT2D eigenvalue weighted by molar-refractivity contribution is -0.123. The Morgan fingerprint density at radius 1 is 1.10 bits per heavy atom. The first-order valence-electron chi connectivity index (χ1n) is 6.78. The number of anilines is 1. The van der Waals surface area contributed by atoms with Crippen LogP contribution >= 0.6 is 0 Å². The van der Waals surface area contributed by atoms with Crippen molar-refractivity contribution in [2.24, 2.45) is 0 Å². The molecule has 0 fully saturated rings. The summed E-state index contributed by atoms with van der Waals surface area (Å²) in [6, 6.07) is 7.43. The van der Waals surface area contributed by atoms with Crippen LogP contribution in [0.4, 0.5) is 5.69 Å². The zero-order valence-electron chi connectivity index (χ0n) is 12.5. The van der Waals surface area contributed by atoms with Crippen LogP contribution in [0.1, 0.15) is 33.3 Å². The number of carbonyl (C=O) groups is 2. The highest BCUT2D eigenvalue weighted by molar-refractivity contribution is 5.88. The Morgan fingerprint density at radius 2 is 1.70 bits per heavy atom. The Kier molecular flexibility index (Phi) is 6.18. The predicted molar refractivity (Wildman–Crippen MR) is 80.3 cm³/mol. The molecule has 0 radical (unpaired) electrons. The second-order valence-corrected chi connectivity index (χ2v) is 5.14. The minimum absolute atomic E-state index is 0.00475. The molecule has 0 saturated carbocycles. The van der Waals surface area contributed by atoms with Gasteiger partial charge in [0.1, 0.15) is 0 Å². The van der Waals surface area contributed by atoms with Gasteiger partial charge in [-0.15, -0.1) is 0 Å². The fraction of sp³-hybridized carbons (Fsp3) is 0.467. The molecule has 1 unspecified atom stereocenters. The fourth-order valence-corrected chi connectivity index (χ4v) is 1.68. The molecule has 0 aliphatic heterocycles. The molecule has 1 atom stereocenters. The van der Waals surface area contributed by atoms with Crippen LogP contribution in [0, 0.1) is 0 Å². The van der Waals surface area contributed by atoms with E-state index in [2.05, 4.69) is 16.0 Å². The molecule has 0 aromatic heterocycles. The average Bonchev–Trinajstić information content (AvgIpc) is 2.36. The quantitative estimate of drug-likeness (QED) is 0.740. The van der Waals surface area contributed by atoms with Crippen LogP contribution in [0.25, 0.3) is 0 Å². The van der Waals surface area contributed by atoms with Crippen molar-refractivity contribution in [1.29, 1.82) is 0 Å². The van der Waals surface area contributed by atoms with Gasteiger partial charge in [-0.3, -0.25) is 9.59 Å². The maximum absolute atomic E-state index is 11.7. The fourth-order valence-electron chi connectivity index (χ4n) is 1.68. The van der Waals surface area contributed by atoms with Gasteiger partial charge in [0.2, 0.25) is 11.8 Å². The van der Waals surface area contributed by atoms with Gasteiger partial charge >= 0.3 is 0 Å². The van der Waals surface area contributed by atoms with Crippen molar-refractivity contribution in [1.82, 2.24) is 10.6 Å². The summed E-state index contributed by atoms with van der Waals surface area (Å²) in [6.45, 7) is 7.79. The van der Waals surface area contributed by atoms with Gasteiger partial charge < -0.3 is 16.0 Å². The van der Waals surface area contributed by atoms with Gasteiger partial charge in [-0.2, -0.15) is 0 Å². The molecule has 0 aliphatic rings. The summed E-state index contributed by atoms with van der Waals surface area (Å²) in [6.07, 6.45) is 0. The maximum Gasteiger partial charge on any atom is 0.237 e. The first-order chi connectivity index (χ1) is 9.38. The second kappa shape index (κ2) is 7.65. The van der Waals surface area contributed by atoms with E-state index >= 15 is 0 Å². The lowest BCUT2D eigenvalue weighted by atomic mass is 10.2. The molecule has 0 aliphatic carbocycles. The van der Waals surface area contributed by atoms with Gasteiger partial charge in [0, 0.05) is 25.2 Å². The van der Waals surface area contributed by atoms with Crippen LogP contribution in [0.3, 0.4) is 0 Å². The van der Waals surface area contributed by atoms with Crippen molar-refractivity contribution in [2.75, 3.05) is 5.32 Å². The standard InChI is InChI=1S/C15H23N3O2/c1-10(2)17-15(20)11(3)16-9-13-5-7-14(8-6-13)18-12(4)19/h5-8,10-11,16H,9H2,1-4H3,(H,17,20)(H,18,19). The summed E-state index contributed by atoms with van der Waals surface area (Å²) >= 11 is 0. The Balaban J connectivity index is 2.45. The number of hydrogen-bond acceptors (Lipinski definition) is 3. The average molecular weight is 277 g/mol. The van der Waals surface area contributed by atoms with Crippen LogP contribution in [-0.4, -0.2) is 23.9 Å². The van der Waals surface area contributed by atoms with Gasteiger partial charge in [-0.05, 0) is 38.5 Å². The van der Waals surface area contributed by atoms with Crippen molar-refractivity contribution < 1.29 is 9.59 Å². The third-order valence-electron chi connectivity index (χ3n) is 2.71. The Morgan fingerprint density at radius 3 is 2.20 bits per heavy atom. The van der Waals surface area contributed by atoms with Crippen molar-refractivity contribution in [3.8, 4) is 0 Å². The summed E-state index contributed by atoms with van der Waals surface area (Å²) in [4.78, 5) is 22.6. The van der Waals surface area contributed by atoms with Crippen LogP contribution in [0.2, 0.25) is 0 Å². The van der Waals surface area contributed by atoms with Gasteiger partial charge in [-0.25, -0.2) is 0 Å². The van der Waals surface area contributed by atoms with Gasteiger partial charge in [0.15, 0.2) is 0 Å². The summed E-state index contributed by atoms with van der Waals surface area (Å²) < 4.78 is 0. The molecule has 5 nitrogen and oxygen atoms in total. The van der Waals surface area contributed by atoms with Gasteiger partial charge in [0.25, 0.3) is 0 Å². The summed E-state index contributed by atoms with van der Waals surface area (Å²) in [7, 11) is 0. The van der Waals surface area contributed by atoms with Crippen molar-refractivity contribution in [3.05, 3.63) is 29.8 Å². The molecule has 20 heavy (non-hydrogen) atoms. The lowest BCUT2D eigenvalue weighted by Crippen LogP contribution is -2.44. The Hall–Kier alpha value is -1.88. The molecule has 110 valence electrons. The molecule has 1 aromatic rings. The Bertz CT molecular complexity index is 455. The smallest absolute Gasteiger partial charge is 0.237 e. The molecule has 0 bridgehead atoms. The van der Waals surface area contributed by atoms with E-state index in [1.54, 1.807) is 0 Å². The molecule has 5 heteroatoms. The number of rotatable bonds is 6. The topological polar surface area (TPSA) is 70.2 Å². The molecule has 2 amide bonds. The monoisotopic (exact) mass is 277 g/mol. The van der Waals surface area contributed by atoms with Crippen molar-refractivity contribution in [3.63, 3.8) is 0 Å². The molecule has 3 N–H and O–H groups in total. The maximum atomic E-state index is 11.7. The number of nitrogens with one attached hydrogen (secondary N) is 3. The summed E-state index contributed by atoms with van der Waals surface area (Å²) in [5.74, 6) is -0.0929. The van der Waals surface area contributed by atoms with Crippen LogP contribution in [-0.2, 0) is 16.1 Å². The molecule has 1 rings (SSSR count). The van der Waals surface area contributed by atoms with E-state index in [-0.39, 0.29) is 23.9 Å². The van der Waals surface area contributed by atoms with E-state index < -0.39 is 0 Å². The molecular formula is C15H23N3O2. The minimum atomic E-state index is -0.243. The third kappa shape index (κ3) is 5.84. The highest BCUT2D eigenvalue weighted by Gasteiger charge is 2.12. The zero-order chi connectivity index (χ0) is 15.1. The van der Waals surface area contributed by atoms with Crippen LogP contribution in [0.5, 0.6) is 0 Å². The molecule has 0 saturated heterocycles. The summed E-state index contributed by atoms with van der Waals surface area (Å²) in [5, 5.41) is 8.74. The number of carbonyl (C=O) groups excluding carboxylic acids is 2.